The zero-order chi connectivity index (χ0) is 15.4. The number of hydrogen-bond acceptors (Lipinski definition) is 5. The van der Waals surface area contributed by atoms with Gasteiger partial charge in [-0.3, -0.25) is 4.79 Å². The normalized spacial score (nSPS) is 13.3. The lowest BCUT2D eigenvalue weighted by Gasteiger charge is -2.14. The molecule has 2 heterocycles. The number of benzene rings is 1. The predicted octanol–water partition coefficient (Wildman–Crippen LogP) is 2.85. The second kappa shape index (κ2) is 6.70. The van der Waals surface area contributed by atoms with Gasteiger partial charge in [-0.2, -0.15) is 0 Å². The van der Waals surface area contributed by atoms with Crippen LogP contribution < -0.4 is 19.5 Å². The average molecular weight is 319 g/mol. The molecular weight excluding hydrogens is 302 g/mol. The molecule has 1 aromatic heterocycles. The molecule has 1 amide bonds. The molecule has 0 saturated heterocycles. The van der Waals surface area contributed by atoms with E-state index in [1.54, 1.807) is 13.2 Å². The van der Waals surface area contributed by atoms with Gasteiger partial charge in [0.05, 0.1) is 25.2 Å². The number of carbonyl (C=O) groups is 1. The molecule has 22 heavy (non-hydrogen) atoms. The number of fused-ring (bicyclic) bond motifs is 1. The lowest BCUT2D eigenvalue weighted by Crippen LogP contribution is -2.22. The van der Waals surface area contributed by atoms with Crippen molar-refractivity contribution in [1.29, 1.82) is 0 Å². The fraction of sp³-hybridized carbons (Fsp3) is 0.312. The SMILES string of the molecule is COc1cc2c(cc1CNC(=O)c1cccs1)OCCCO2. The first-order chi connectivity index (χ1) is 10.8. The van der Waals surface area contributed by atoms with Gasteiger partial charge in [0.2, 0.25) is 0 Å². The van der Waals surface area contributed by atoms with Gasteiger partial charge in [0.15, 0.2) is 11.5 Å². The number of hydrogen-bond donors (Lipinski definition) is 1. The van der Waals surface area contributed by atoms with E-state index in [0.717, 1.165) is 12.0 Å². The highest BCUT2D eigenvalue weighted by molar-refractivity contribution is 7.12. The maximum atomic E-state index is 12.0. The van der Waals surface area contributed by atoms with Crippen molar-refractivity contribution >= 4 is 17.2 Å². The molecule has 1 aromatic carbocycles. The van der Waals surface area contributed by atoms with Crippen LogP contribution >= 0.6 is 11.3 Å². The second-order valence-electron chi connectivity index (χ2n) is 4.82. The molecule has 0 unspecified atom stereocenters. The van der Waals surface area contributed by atoms with E-state index in [1.807, 2.05) is 23.6 Å². The standard InChI is InChI=1S/C16H17NO4S/c1-19-12-9-14-13(20-5-3-6-21-14)8-11(12)10-17-16(18)15-4-2-7-22-15/h2,4,7-9H,3,5-6,10H2,1H3,(H,17,18). The monoisotopic (exact) mass is 319 g/mol. The Morgan fingerprint density at radius 2 is 2.09 bits per heavy atom. The van der Waals surface area contributed by atoms with Crippen LogP contribution in [0.1, 0.15) is 21.7 Å². The van der Waals surface area contributed by atoms with E-state index in [-0.39, 0.29) is 5.91 Å². The smallest absolute Gasteiger partial charge is 0.261 e. The van der Waals surface area contributed by atoms with E-state index in [9.17, 15) is 4.79 Å². The number of rotatable bonds is 4. The van der Waals surface area contributed by atoms with Gasteiger partial charge in [-0.1, -0.05) is 6.07 Å². The van der Waals surface area contributed by atoms with Gasteiger partial charge >= 0.3 is 0 Å². The third-order valence-corrected chi connectivity index (χ3v) is 4.20. The molecule has 0 fully saturated rings. The minimum Gasteiger partial charge on any atom is -0.496 e. The van der Waals surface area contributed by atoms with E-state index in [0.29, 0.717) is 41.9 Å². The van der Waals surface area contributed by atoms with Crippen LogP contribution in [0.25, 0.3) is 0 Å². The molecule has 116 valence electrons. The Morgan fingerprint density at radius 3 is 2.77 bits per heavy atom. The van der Waals surface area contributed by atoms with Crippen molar-refractivity contribution in [2.45, 2.75) is 13.0 Å². The summed E-state index contributed by atoms with van der Waals surface area (Å²) in [5, 5.41) is 4.77. The van der Waals surface area contributed by atoms with Gasteiger partial charge in [0.1, 0.15) is 5.75 Å². The Morgan fingerprint density at radius 1 is 1.32 bits per heavy atom. The van der Waals surface area contributed by atoms with E-state index in [1.165, 1.54) is 11.3 Å². The van der Waals surface area contributed by atoms with Crippen LogP contribution in [0, 0.1) is 0 Å². The fourth-order valence-electron chi connectivity index (χ4n) is 2.23. The molecule has 0 saturated carbocycles. The van der Waals surface area contributed by atoms with E-state index in [2.05, 4.69) is 5.32 Å². The first-order valence-corrected chi connectivity index (χ1v) is 7.94. The molecule has 3 rings (SSSR count). The van der Waals surface area contributed by atoms with Crippen molar-refractivity contribution in [3.63, 3.8) is 0 Å². The molecule has 1 aliphatic heterocycles. The van der Waals surface area contributed by atoms with Crippen LogP contribution in [0.3, 0.4) is 0 Å². The molecule has 0 bridgehead atoms. The lowest BCUT2D eigenvalue weighted by atomic mass is 10.1. The Bertz CT molecular complexity index is 654. The third kappa shape index (κ3) is 3.17. The van der Waals surface area contributed by atoms with Crippen molar-refractivity contribution in [2.24, 2.45) is 0 Å². The van der Waals surface area contributed by atoms with E-state index >= 15 is 0 Å². The summed E-state index contributed by atoms with van der Waals surface area (Å²) in [4.78, 5) is 12.7. The topological polar surface area (TPSA) is 56.8 Å². The second-order valence-corrected chi connectivity index (χ2v) is 5.77. The van der Waals surface area contributed by atoms with E-state index in [4.69, 9.17) is 14.2 Å². The van der Waals surface area contributed by atoms with Crippen LogP contribution in [-0.4, -0.2) is 26.2 Å². The van der Waals surface area contributed by atoms with Crippen molar-refractivity contribution in [3.8, 4) is 17.2 Å². The molecule has 1 N–H and O–H groups in total. The highest BCUT2D eigenvalue weighted by atomic mass is 32.1. The molecule has 2 aromatic rings. The predicted molar refractivity (Wildman–Crippen MR) is 84.1 cm³/mol. The first-order valence-electron chi connectivity index (χ1n) is 7.06. The Labute approximate surface area is 132 Å². The Hall–Kier alpha value is -2.21. The zero-order valence-electron chi connectivity index (χ0n) is 12.3. The quantitative estimate of drug-likeness (QED) is 0.941. The Kier molecular flexibility index (Phi) is 4.48. The highest BCUT2D eigenvalue weighted by Crippen LogP contribution is 2.36. The average Bonchev–Trinajstić information content (AvgIpc) is 2.98. The van der Waals surface area contributed by atoms with Crippen LogP contribution in [0.15, 0.2) is 29.6 Å². The fourth-order valence-corrected chi connectivity index (χ4v) is 2.87. The highest BCUT2D eigenvalue weighted by Gasteiger charge is 2.16. The van der Waals surface area contributed by atoms with Crippen molar-refractivity contribution in [3.05, 3.63) is 40.1 Å². The van der Waals surface area contributed by atoms with Crippen LogP contribution in [0.4, 0.5) is 0 Å². The van der Waals surface area contributed by atoms with Crippen LogP contribution in [0.5, 0.6) is 17.2 Å². The summed E-state index contributed by atoms with van der Waals surface area (Å²) < 4.78 is 16.7. The van der Waals surface area contributed by atoms with Gasteiger partial charge in [0.25, 0.3) is 5.91 Å². The first kappa shape index (κ1) is 14.7. The van der Waals surface area contributed by atoms with Crippen molar-refractivity contribution < 1.29 is 19.0 Å². The summed E-state index contributed by atoms with van der Waals surface area (Å²) in [5.41, 5.74) is 0.858. The molecule has 1 aliphatic rings. The van der Waals surface area contributed by atoms with Crippen LogP contribution in [0.2, 0.25) is 0 Å². The van der Waals surface area contributed by atoms with E-state index < -0.39 is 0 Å². The van der Waals surface area contributed by atoms with Gasteiger partial charge in [-0.25, -0.2) is 0 Å². The summed E-state index contributed by atoms with van der Waals surface area (Å²) in [6.07, 6.45) is 0.849. The number of nitrogens with one attached hydrogen (secondary N) is 1. The Balaban J connectivity index is 1.77. The summed E-state index contributed by atoms with van der Waals surface area (Å²) in [7, 11) is 1.60. The molecule has 5 nitrogen and oxygen atoms in total. The molecule has 6 heteroatoms. The largest absolute Gasteiger partial charge is 0.496 e. The molecule has 0 atom stereocenters. The van der Waals surface area contributed by atoms with Gasteiger partial charge in [-0.05, 0) is 17.5 Å². The van der Waals surface area contributed by atoms with Crippen LogP contribution in [-0.2, 0) is 6.54 Å². The maximum Gasteiger partial charge on any atom is 0.261 e. The number of amides is 1. The molecular formula is C16H17NO4S. The summed E-state index contributed by atoms with van der Waals surface area (Å²) in [6, 6.07) is 7.33. The summed E-state index contributed by atoms with van der Waals surface area (Å²) in [5.74, 6) is 1.96. The van der Waals surface area contributed by atoms with Crippen molar-refractivity contribution in [1.82, 2.24) is 5.32 Å². The van der Waals surface area contributed by atoms with Gasteiger partial charge in [-0.15, -0.1) is 11.3 Å². The number of carbonyl (C=O) groups excluding carboxylic acids is 1. The van der Waals surface area contributed by atoms with Gasteiger partial charge in [0, 0.05) is 24.6 Å². The summed E-state index contributed by atoms with van der Waals surface area (Å²) >= 11 is 1.41. The van der Waals surface area contributed by atoms with Crippen molar-refractivity contribution in [2.75, 3.05) is 20.3 Å². The third-order valence-electron chi connectivity index (χ3n) is 3.33. The number of methoxy groups -OCH3 is 1. The minimum atomic E-state index is -0.0934. The number of ether oxygens (including phenoxy) is 3. The molecule has 0 spiro atoms. The molecule has 0 radical (unpaired) electrons. The summed E-state index contributed by atoms with van der Waals surface area (Å²) in [6.45, 7) is 1.63. The lowest BCUT2D eigenvalue weighted by molar-refractivity contribution is 0.0954. The minimum absolute atomic E-state index is 0.0934. The number of thiophene rings is 1. The zero-order valence-corrected chi connectivity index (χ0v) is 13.1. The maximum absolute atomic E-state index is 12.0. The van der Waals surface area contributed by atoms with Gasteiger partial charge < -0.3 is 19.5 Å². The molecule has 0 aliphatic carbocycles.